The summed E-state index contributed by atoms with van der Waals surface area (Å²) in [6.07, 6.45) is 1.46. The molecule has 0 bridgehead atoms. The van der Waals surface area contributed by atoms with Crippen LogP contribution in [0.5, 0.6) is 0 Å². The molecule has 4 nitrogen and oxygen atoms in total. The van der Waals surface area contributed by atoms with Gasteiger partial charge in [0.2, 0.25) is 0 Å². The average Bonchev–Trinajstić information content (AvgIpc) is 2.95. The van der Waals surface area contributed by atoms with Gasteiger partial charge >= 0.3 is 7.05 Å². The summed E-state index contributed by atoms with van der Waals surface area (Å²) in [6.45, 7) is 15.6. The van der Waals surface area contributed by atoms with E-state index in [0.717, 1.165) is 12.8 Å². The van der Waals surface area contributed by atoms with Crippen molar-refractivity contribution in [1.29, 1.82) is 0 Å². The van der Waals surface area contributed by atoms with E-state index in [9.17, 15) is 10.1 Å². The maximum absolute atomic E-state index is 11.5. The third-order valence-corrected chi connectivity index (χ3v) is 12.0. The third-order valence-electron chi connectivity index (χ3n) is 6.72. The van der Waals surface area contributed by atoms with Crippen LogP contribution in [0.3, 0.4) is 0 Å². The van der Waals surface area contributed by atoms with Crippen molar-refractivity contribution in [2.24, 2.45) is 0 Å². The molecule has 2 N–H and O–H groups in total. The minimum absolute atomic E-state index is 0.0329. The zero-order valence-corrected chi connectivity index (χ0v) is 21.3. The van der Waals surface area contributed by atoms with E-state index >= 15 is 0 Å². The Kier molecular flexibility index (Phi) is 7.98. The molecular formula is C21H36BCl2NO3Si. The summed E-state index contributed by atoms with van der Waals surface area (Å²) in [5, 5.41) is 23.1. The minimum atomic E-state index is -1.98. The van der Waals surface area contributed by atoms with Crippen molar-refractivity contribution in [3.63, 3.8) is 0 Å². The average molecular weight is 460 g/mol. The molecule has 29 heavy (non-hydrogen) atoms. The number of halogens is 2. The van der Waals surface area contributed by atoms with E-state index in [1.165, 1.54) is 0 Å². The van der Waals surface area contributed by atoms with E-state index in [1.54, 1.807) is 19.0 Å². The SMILES string of the molecule is CCCC1(C(O)c2ccc(Cl)c(Cl)c2)C[C@@H](O[Si](C)(C)C(C)(C)C)CN1B(C)O. The van der Waals surface area contributed by atoms with Crippen LogP contribution in [-0.2, 0) is 4.43 Å². The van der Waals surface area contributed by atoms with Gasteiger partial charge in [0.1, 0.15) is 0 Å². The van der Waals surface area contributed by atoms with Crippen LogP contribution in [0.4, 0.5) is 0 Å². The Hall–Kier alpha value is -0.0782. The number of rotatable bonds is 7. The summed E-state index contributed by atoms with van der Waals surface area (Å²) in [5.41, 5.74) is 0.0964. The summed E-state index contributed by atoms with van der Waals surface area (Å²) in [7, 11) is -2.67. The Morgan fingerprint density at radius 2 is 1.93 bits per heavy atom. The largest absolute Gasteiger partial charge is 0.437 e. The molecule has 2 unspecified atom stereocenters. The molecular weight excluding hydrogens is 424 g/mol. The molecule has 1 aliphatic rings. The molecule has 0 saturated carbocycles. The van der Waals surface area contributed by atoms with Gasteiger partial charge < -0.3 is 19.4 Å². The van der Waals surface area contributed by atoms with Gasteiger partial charge in [-0.25, -0.2) is 0 Å². The van der Waals surface area contributed by atoms with Gasteiger partial charge in [-0.1, -0.05) is 63.4 Å². The molecule has 164 valence electrons. The number of nitrogens with zero attached hydrogens (tertiary/aromatic N) is 1. The molecule has 3 atom stereocenters. The lowest BCUT2D eigenvalue weighted by molar-refractivity contribution is 0.0125. The van der Waals surface area contributed by atoms with Gasteiger partial charge in [0.15, 0.2) is 8.32 Å². The Balaban J connectivity index is 2.42. The summed E-state index contributed by atoms with van der Waals surface area (Å²) < 4.78 is 6.70. The summed E-state index contributed by atoms with van der Waals surface area (Å²) in [6, 6.07) is 5.26. The van der Waals surface area contributed by atoms with E-state index in [4.69, 9.17) is 27.6 Å². The molecule has 1 aromatic rings. The predicted molar refractivity (Wildman–Crippen MR) is 126 cm³/mol. The maximum Gasteiger partial charge on any atom is 0.377 e. The van der Waals surface area contributed by atoms with Crippen molar-refractivity contribution >= 4 is 38.6 Å². The molecule has 2 rings (SSSR count). The number of aliphatic hydroxyl groups excluding tert-OH is 1. The van der Waals surface area contributed by atoms with Gasteiger partial charge in [-0.05, 0) is 55.5 Å². The Labute approximate surface area is 187 Å². The normalized spacial score (nSPS) is 24.7. The topological polar surface area (TPSA) is 52.9 Å². The number of hydrogen-bond donors (Lipinski definition) is 2. The van der Waals surface area contributed by atoms with Crippen LogP contribution in [0, 0.1) is 0 Å². The molecule has 0 aliphatic carbocycles. The van der Waals surface area contributed by atoms with E-state index in [-0.39, 0.29) is 11.1 Å². The van der Waals surface area contributed by atoms with Crippen molar-refractivity contribution in [2.45, 2.75) is 89.7 Å². The van der Waals surface area contributed by atoms with E-state index in [2.05, 4.69) is 40.8 Å². The first kappa shape index (κ1) is 25.2. The molecule has 1 aromatic carbocycles. The van der Waals surface area contributed by atoms with Gasteiger partial charge in [-0.3, -0.25) is 0 Å². The van der Waals surface area contributed by atoms with E-state index in [0.29, 0.717) is 28.6 Å². The molecule has 0 amide bonds. The van der Waals surface area contributed by atoms with Crippen LogP contribution in [0.2, 0.25) is 35.0 Å². The molecule has 1 saturated heterocycles. The highest BCUT2D eigenvalue weighted by Crippen LogP contribution is 2.47. The zero-order chi connectivity index (χ0) is 22.2. The fourth-order valence-corrected chi connectivity index (χ4v) is 5.90. The zero-order valence-electron chi connectivity index (χ0n) is 18.8. The monoisotopic (exact) mass is 459 g/mol. The lowest BCUT2D eigenvalue weighted by atomic mass is 9.73. The third kappa shape index (κ3) is 5.23. The van der Waals surface area contributed by atoms with Crippen molar-refractivity contribution in [2.75, 3.05) is 6.54 Å². The van der Waals surface area contributed by atoms with Gasteiger partial charge in [-0.15, -0.1) is 0 Å². The van der Waals surface area contributed by atoms with Gasteiger partial charge in [0.05, 0.1) is 22.3 Å². The van der Waals surface area contributed by atoms with Crippen LogP contribution < -0.4 is 0 Å². The molecule has 0 spiro atoms. The van der Waals surface area contributed by atoms with E-state index < -0.39 is 27.0 Å². The smallest absolute Gasteiger partial charge is 0.377 e. The quantitative estimate of drug-likeness (QED) is 0.508. The van der Waals surface area contributed by atoms with Crippen molar-refractivity contribution in [3.8, 4) is 0 Å². The Bertz CT molecular complexity index is 714. The second kappa shape index (κ2) is 9.19. The molecule has 1 aliphatic heterocycles. The van der Waals surface area contributed by atoms with Crippen molar-refractivity contribution < 1.29 is 14.6 Å². The molecule has 0 radical (unpaired) electrons. The van der Waals surface area contributed by atoms with Crippen LogP contribution >= 0.6 is 23.2 Å². The van der Waals surface area contributed by atoms with Crippen LogP contribution in [-0.4, -0.2) is 48.5 Å². The second-order valence-electron chi connectivity index (χ2n) is 9.92. The van der Waals surface area contributed by atoms with Crippen LogP contribution in [0.15, 0.2) is 18.2 Å². The first-order chi connectivity index (χ1) is 13.2. The van der Waals surface area contributed by atoms with Crippen molar-refractivity contribution in [1.82, 2.24) is 4.81 Å². The fraction of sp³-hybridized carbons (Fsp3) is 0.714. The number of benzene rings is 1. The van der Waals surface area contributed by atoms with Gasteiger partial charge in [0, 0.05) is 12.1 Å². The molecule has 1 heterocycles. The summed E-state index contributed by atoms with van der Waals surface area (Å²) in [5.74, 6) is 0. The second-order valence-corrected chi connectivity index (χ2v) is 15.5. The van der Waals surface area contributed by atoms with E-state index in [1.807, 2.05) is 10.9 Å². The lowest BCUT2D eigenvalue weighted by Gasteiger charge is -2.43. The standard InChI is InChI=1S/C21H36BCl2NO3Si/c1-8-11-21(19(26)15-9-10-17(23)18(24)12-15)13-16(14-25(21)22(5)27)28-29(6,7)20(2,3)4/h9-10,12,16,19,26-27H,8,11,13-14H2,1-7H3/t16-,19?,21?/m1/s1. The molecule has 0 aromatic heterocycles. The lowest BCUT2D eigenvalue weighted by Crippen LogP contribution is -2.54. The van der Waals surface area contributed by atoms with Crippen LogP contribution in [0.25, 0.3) is 0 Å². The molecule has 8 heteroatoms. The maximum atomic E-state index is 11.5. The highest BCUT2D eigenvalue weighted by Gasteiger charge is 2.54. The van der Waals surface area contributed by atoms with Crippen molar-refractivity contribution in [3.05, 3.63) is 33.8 Å². The van der Waals surface area contributed by atoms with Gasteiger partial charge in [-0.2, -0.15) is 0 Å². The fourth-order valence-electron chi connectivity index (χ4n) is 4.25. The highest BCUT2D eigenvalue weighted by molar-refractivity contribution is 6.74. The number of aliphatic hydroxyl groups is 1. The van der Waals surface area contributed by atoms with Crippen LogP contribution in [0.1, 0.15) is 58.6 Å². The highest BCUT2D eigenvalue weighted by atomic mass is 35.5. The van der Waals surface area contributed by atoms with Gasteiger partial charge in [0.25, 0.3) is 0 Å². The summed E-state index contributed by atoms with van der Waals surface area (Å²) >= 11 is 12.3. The minimum Gasteiger partial charge on any atom is -0.437 e. The number of hydrogen-bond acceptors (Lipinski definition) is 4. The summed E-state index contributed by atoms with van der Waals surface area (Å²) in [4.78, 5) is 2.02. The predicted octanol–water partition coefficient (Wildman–Crippen LogP) is 5.77. The molecule has 1 fully saturated rings. The first-order valence-corrected chi connectivity index (χ1v) is 14.2. The first-order valence-electron chi connectivity index (χ1n) is 10.5. The Morgan fingerprint density at radius 1 is 1.31 bits per heavy atom. The Morgan fingerprint density at radius 3 is 2.41 bits per heavy atom.